The van der Waals surface area contributed by atoms with E-state index in [1.54, 1.807) is 11.1 Å². The summed E-state index contributed by atoms with van der Waals surface area (Å²) in [7, 11) is 1.81. The van der Waals surface area contributed by atoms with Crippen molar-refractivity contribution in [3.8, 4) is 5.75 Å². The monoisotopic (exact) mass is 259 g/mol. The maximum Gasteiger partial charge on any atom is 0.122 e. The van der Waals surface area contributed by atoms with Gasteiger partial charge in [-0.05, 0) is 74.2 Å². The first kappa shape index (κ1) is 13.0. The van der Waals surface area contributed by atoms with Crippen LogP contribution in [-0.4, -0.2) is 19.7 Å². The molecule has 0 saturated carbocycles. The Morgan fingerprint density at radius 1 is 1.16 bits per heavy atom. The normalized spacial score (nSPS) is 22.9. The van der Waals surface area contributed by atoms with Crippen LogP contribution < -0.4 is 10.1 Å². The van der Waals surface area contributed by atoms with Crippen LogP contribution in [0.15, 0.2) is 12.1 Å². The van der Waals surface area contributed by atoms with E-state index in [0.717, 1.165) is 12.2 Å². The van der Waals surface area contributed by atoms with Crippen molar-refractivity contribution in [2.45, 2.75) is 57.4 Å². The third kappa shape index (κ3) is 2.79. The molecule has 0 aromatic heterocycles. The van der Waals surface area contributed by atoms with Gasteiger partial charge in [0.2, 0.25) is 0 Å². The molecule has 2 aliphatic rings. The molecule has 0 spiro atoms. The molecule has 0 amide bonds. The summed E-state index contributed by atoms with van der Waals surface area (Å²) < 4.78 is 5.63. The molecule has 1 heterocycles. The van der Waals surface area contributed by atoms with Crippen LogP contribution in [0.5, 0.6) is 5.75 Å². The first-order valence-corrected chi connectivity index (χ1v) is 7.79. The lowest BCUT2D eigenvalue weighted by atomic mass is 9.92. The van der Waals surface area contributed by atoms with Gasteiger partial charge >= 0.3 is 0 Å². The second-order valence-electron chi connectivity index (χ2n) is 5.94. The fourth-order valence-electron chi connectivity index (χ4n) is 3.65. The summed E-state index contributed by atoms with van der Waals surface area (Å²) in [5, 5.41) is 3.62. The minimum atomic E-state index is 0.656. The standard InChI is InChI=1S/C17H25NO/c1-19-17-10-9-13-6-3-2-4-8-15(13)16(17)12-14-7-5-11-18-14/h9-10,14,18H,2-8,11-12H2,1H3. The zero-order chi connectivity index (χ0) is 13.1. The van der Waals surface area contributed by atoms with Gasteiger partial charge in [-0.1, -0.05) is 12.5 Å². The molecule has 1 aromatic rings. The molecule has 2 heteroatoms. The molecule has 0 radical (unpaired) electrons. The molecule has 1 saturated heterocycles. The molecule has 1 atom stereocenters. The van der Waals surface area contributed by atoms with Crippen LogP contribution in [0.4, 0.5) is 0 Å². The van der Waals surface area contributed by atoms with Crippen molar-refractivity contribution in [1.29, 1.82) is 0 Å². The Balaban J connectivity index is 1.93. The Bertz CT molecular complexity index is 435. The van der Waals surface area contributed by atoms with E-state index in [-0.39, 0.29) is 0 Å². The summed E-state index contributed by atoms with van der Waals surface area (Å²) >= 11 is 0. The fraction of sp³-hybridized carbons (Fsp3) is 0.647. The van der Waals surface area contributed by atoms with Crippen LogP contribution in [0.2, 0.25) is 0 Å². The van der Waals surface area contributed by atoms with E-state index in [2.05, 4.69) is 17.4 Å². The Labute approximate surface area is 116 Å². The van der Waals surface area contributed by atoms with Crippen molar-refractivity contribution in [3.05, 3.63) is 28.8 Å². The number of hydrogen-bond donors (Lipinski definition) is 1. The van der Waals surface area contributed by atoms with Gasteiger partial charge < -0.3 is 10.1 Å². The lowest BCUT2D eigenvalue weighted by Gasteiger charge is -2.19. The lowest BCUT2D eigenvalue weighted by molar-refractivity contribution is 0.405. The van der Waals surface area contributed by atoms with Crippen LogP contribution >= 0.6 is 0 Å². The van der Waals surface area contributed by atoms with Gasteiger partial charge in [-0.15, -0.1) is 0 Å². The number of methoxy groups -OCH3 is 1. The van der Waals surface area contributed by atoms with Crippen molar-refractivity contribution in [2.75, 3.05) is 13.7 Å². The molecule has 104 valence electrons. The number of ether oxygens (including phenoxy) is 1. The van der Waals surface area contributed by atoms with Gasteiger partial charge in [-0.3, -0.25) is 0 Å². The summed E-state index contributed by atoms with van der Waals surface area (Å²) in [6.07, 6.45) is 10.3. The average Bonchev–Trinajstić information content (AvgIpc) is 2.82. The minimum Gasteiger partial charge on any atom is -0.496 e. The second kappa shape index (κ2) is 5.96. The number of rotatable bonds is 3. The summed E-state index contributed by atoms with van der Waals surface area (Å²) in [6.45, 7) is 1.18. The molecule has 1 aromatic carbocycles. The van der Waals surface area contributed by atoms with Crippen LogP contribution in [0.25, 0.3) is 0 Å². The van der Waals surface area contributed by atoms with Crippen LogP contribution in [0.1, 0.15) is 48.8 Å². The summed E-state index contributed by atoms with van der Waals surface area (Å²) in [5.41, 5.74) is 4.66. The lowest BCUT2D eigenvalue weighted by Crippen LogP contribution is -2.24. The van der Waals surface area contributed by atoms with Gasteiger partial charge in [0.1, 0.15) is 5.75 Å². The first-order chi connectivity index (χ1) is 9.38. The van der Waals surface area contributed by atoms with Gasteiger partial charge in [0.15, 0.2) is 0 Å². The Kier molecular flexibility index (Phi) is 4.07. The fourth-order valence-corrected chi connectivity index (χ4v) is 3.65. The Morgan fingerprint density at radius 3 is 2.84 bits per heavy atom. The number of fused-ring (bicyclic) bond motifs is 1. The zero-order valence-corrected chi connectivity index (χ0v) is 12.0. The van der Waals surface area contributed by atoms with Gasteiger partial charge in [-0.25, -0.2) is 0 Å². The van der Waals surface area contributed by atoms with E-state index in [4.69, 9.17) is 4.74 Å². The molecule has 1 fully saturated rings. The van der Waals surface area contributed by atoms with E-state index in [1.807, 2.05) is 7.11 Å². The molecule has 1 aliphatic heterocycles. The van der Waals surface area contributed by atoms with E-state index in [1.165, 1.54) is 57.1 Å². The predicted octanol–water partition coefficient (Wildman–Crippen LogP) is 3.26. The minimum absolute atomic E-state index is 0.656. The summed E-state index contributed by atoms with van der Waals surface area (Å²) in [5.74, 6) is 1.11. The third-order valence-electron chi connectivity index (χ3n) is 4.69. The molecule has 0 bridgehead atoms. The number of benzene rings is 1. The van der Waals surface area contributed by atoms with Crippen molar-refractivity contribution in [1.82, 2.24) is 5.32 Å². The quantitative estimate of drug-likeness (QED) is 0.841. The topological polar surface area (TPSA) is 21.3 Å². The number of hydrogen-bond acceptors (Lipinski definition) is 2. The number of nitrogens with one attached hydrogen (secondary N) is 1. The first-order valence-electron chi connectivity index (χ1n) is 7.79. The summed E-state index contributed by atoms with van der Waals surface area (Å²) in [4.78, 5) is 0. The van der Waals surface area contributed by atoms with Gasteiger partial charge in [0, 0.05) is 6.04 Å². The van der Waals surface area contributed by atoms with Crippen LogP contribution in [0.3, 0.4) is 0 Å². The average molecular weight is 259 g/mol. The van der Waals surface area contributed by atoms with Gasteiger partial charge in [-0.2, -0.15) is 0 Å². The molecule has 1 N–H and O–H groups in total. The SMILES string of the molecule is COc1ccc2c(c1CC1CCCN1)CCCCC2. The maximum absolute atomic E-state index is 5.63. The highest BCUT2D eigenvalue weighted by Gasteiger charge is 2.21. The van der Waals surface area contributed by atoms with Gasteiger partial charge in [0.05, 0.1) is 7.11 Å². The van der Waals surface area contributed by atoms with E-state index < -0.39 is 0 Å². The molecule has 19 heavy (non-hydrogen) atoms. The highest BCUT2D eigenvalue weighted by molar-refractivity contribution is 5.46. The van der Waals surface area contributed by atoms with Crippen molar-refractivity contribution in [2.24, 2.45) is 0 Å². The molecular formula is C17H25NO. The van der Waals surface area contributed by atoms with E-state index >= 15 is 0 Å². The molecule has 2 nitrogen and oxygen atoms in total. The zero-order valence-electron chi connectivity index (χ0n) is 12.0. The molecule has 1 unspecified atom stereocenters. The second-order valence-corrected chi connectivity index (χ2v) is 5.94. The largest absolute Gasteiger partial charge is 0.496 e. The molecule has 3 rings (SSSR count). The Morgan fingerprint density at radius 2 is 2.05 bits per heavy atom. The highest BCUT2D eigenvalue weighted by Crippen LogP contribution is 2.32. The smallest absolute Gasteiger partial charge is 0.122 e. The van der Waals surface area contributed by atoms with Crippen LogP contribution in [-0.2, 0) is 19.3 Å². The van der Waals surface area contributed by atoms with E-state index in [9.17, 15) is 0 Å². The molecular weight excluding hydrogens is 234 g/mol. The summed E-state index contributed by atoms with van der Waals surface area (Å²) in [6, 6.07) is 5.14. The number of aryl methyl sites for hydroxylation is 1. The predicted molar refractivity (Wildman–Crippen MR) is 79.0 cm³/mol. The van der Waals surface area contributed by atoms with Crippen molar-refractivity contribution >= 4 is 0 Å². The van der Waals surface area contributed by atoms with E-state index in [0.29, 0.717) is 6.04 Å². The maximum atomic E-state index is 5.63. The third-order valence-corrected chi connectivity index (χ3v) is 4.69. The van der Waals surface area contributed by atoms with Crippen molar-refractivity contribution < 1.29 is 4.74 Å². The van der Waals surface area contributed by atoms with Crippen molar-refractivity contribution in [3.63, 3.8) is 0 Å². The highest BCUT2D eigenvalue weighted by atomic mass is 16.5. The Hall–Kier alpha value is -1.02. The van der Waals surface area contributed by atoms with Crippen LogP contribution in [0, 0.1) is 0 Å². The van der Waals surface area contributed by atoms with Gasteiger partial charge in [0.25, 0.3) is 0 Å². The molecule has 1 aliphatic carbocycles.